The quantitative estimate of drug-likeness (QED) is 0.840. The third kappa shape index (κ3) is 4.67. The van der Waals surface area contributed by atoms with Gasteiger partial charge in [-0.1, -0.05) is 25.2 Å². The van der Waals surface area contributed by atoms with Gasteiger partial charge in [-0.3, -0.25) is 4.79 Å². The molecule has 0 spiro atoms. The highest BCUT2D eigenvalue weighted by atomic mass is 19.1. The molecule has 1 aromatic rings. The normalized spacial score (nSPS) is 9.80. The third-order valence-electron chi connectivity index (χ3n) is 2.86. The molecule has 0 fully saturated rings. The molecule has 0 unspecified atom stereocenters. The zero-order valence-corrected chi connectivity index (χ0v) is 11.9. The van der Waals surface area contributed by atoms with Crippen LogP contribution in [0.2, 0.25) is 0 Å². The molecule has 20 heavy (non-hydrogen) atoms. The van der Waals surface area contributed by atoms with Crippen LogP contribution in [0.3, 0.4) is 0 Å². The summed E-state index contributed by atoms with van der Waals surface area (Å²) in [6, 6.07) is 4.34. The molecule has 0 saturated carbocycles. The molecule has 0 radical (unpaired) electrons. The van der Waals surface area contributed by atoms with E-state index in [2.05, 4.69) is 11.8 Å². The largest absolute Gasteiger partial charge is 0.395 e. The number of unbranched alkanes of at least 4 members (excludes halogenated alkanes) is 1. The first kappa shape index (κ1) is 16.2. The smallest absolute Gasteiger partial charge is 0.256 e. The average molecular weight is 277 g/mol. The number of aliphatic hydroxyl groups is 1. The number of rotatable bonds is 5. The molecule has 0 heterocycles. The molecule has 1 rings (SSSR count). The Morgan fingerprint density at radius 1 is 1.45 bits per heavy atom. The summed E-state index contributed by atoms with van der Waals surface area (Å²) in [6.45, 7) is 2.64. The van der Waals surface area contributed by atoms with Crippen LogP contribution in [0.1, 0.15) is 42.1 Å². The summed E-state index contributed by atoms with van der Waals surface area (Å²) in [6.07, 6.45) is 2.23. The number of carbonyl (C=O) groups is 1. The molecule has 1 aromatic carbocycles. The molecule has 0 saturated heterocycles. The van der Waals surface area contributed by atoms with Crippen LogP contribution in [0.4, 0.5) is 4.39 Å². The number of hydrogen-bond donors (Lipinski definition) is 1. The fraction of sp³-hybridized carbons (Fsp3) is 0.438. The molecule has 0 aromatic heterocycles. The van der Waals surface area contributed by atoms with Crippen LogP contribution in [0.15, 0.2) is 18.2 Å². The van der Waals surface area contributed by atoms with Crippen LogP contribution in [0, 0.1) is 17.7 Å². The van der Waals surface area contributed by atoms with Crippen molar-refractivity contribution in [3.8, 4) is 11.8 Å². The second-order valence-corrected chi connectivity index (χ2v) is 4.55. The van der Waals surface area contributed by atoms with Gasteiger partial charge >= 0.3 is 0 Å². The van der Waals surface area contributed by atoms with Gasteiger partial charge in [0.2, 0.25) is 0 Å². The van der Waals surface area contributed by atoms with Crippen LogP contribution in [0.25, 0.3) is 0 Å². The van der Waals surface area contributed by atoms with E-state index >= 15 is 0 Å². The molecule has 3 nitrogen and oxygen atoms in total. The predicted molar refractivity (Wildman–Crippen MR) is 76.8 cm³/mol. The van der Waals surface area contributed by atoms with Gasteiger partial charge in [0.25, 0.3) is 5.91 Å². The summed E-state index contributed by atoms with van der Waals surface area (Å²) in [5, 5.41) is 8.62. The lowest BCUT2D eigenvalue weighted by molar-refractivity contribution is 0.0788. The second-order valence-electron chi connectivity index (χ2n) is 4.55. The van der Waals surface area contributed by atoms with E-state index in [4.69, 9.17) is 5.11 Å². The minimum atomic E-state index is -0.561. The van der Waals surface area contributed by atoms with Crippen molar-refractivity contribution in [2.24, 2.45) is 0 Å². The molecular weight excluding hydrogens is 257 g/mol. The Labute approximate surface area is 119 Å². The summed E-state index contributed by atoms with van der Waals surface area (Å²) in [5.41, 5.74) is 0.569. The van der Waals surface area contributed by atoms with Gasteiger partial charge in [-0.05, 0) is 24.6 Å². The highest BCUT2D eigenvalue weighted by Crippen LogP contribution is 2.12. The van der Waals surface area contributed by atoms with E-state index in [0.29, 0.717) is 18.5 Å². The third-order valence-corrected chi connectivity index (χ3v) is 2.86. The summed E-state index contributed by atoms with van der Waals surface area (Å²) in [7, 11) is 1.67. The summed E-state index contributed by atoms with van der Waals surface area (Å²) in [5.74, 6) is 4.58. The van der Waals surface area contributed by atoms with Gasteiger partial charge in [0, 0.05) is 25.6 Å². The molecule has 1 amide bonds. The highest BCUT2D eigenvalue weighted by Gasteiger charge is 2.15. The lowest BCUT2D eigenvalue weighted by atomic mass is 10.1. The van der Waals surface area contributed by atoms with E-state index in [1.165, 1.54) is 17.0 Å². The Morgan fingerprint density at radius 2 is 2.20 bits per heavy atom. The van der Waals surface area contributed by atoms with Gasteiger partial charge < -0.3 is 10.0 Å². The number of carbonyl (C=O) groups excluding carboxylic acids is 1. The molecule has 0 atom stereocenters. The van der Waals surface area contributed by atoms with Crippen molar-refractivity contribution in [3.63, 3.8) is 0 Å². The molecular formula is C16H20FNO2. The highest BCUT2D eigenvalue weighted by molar-refractivity contribution is 5.94. The number of amides is 1. The van der Waals surface area contributed by atoms with E-state index in [1.54, 1.807) is 13.1 Å². The summed E-state index contributed by atoms with van der Waals surface area (Å²) < 4.78 is 13.9. The van der Waals surface area contributed by atoms with Crippen molar-refractivity contribution < 1.29 is 14.3 Å². The zero-order valence-electron chi connectivity index (χ0n) is 11.9. The standard InChI is InChI=1S/C16H20FNO2/c1-3-4-10-18(2)16(20)14-9-8-13(12-15(14)17)7-5-6-11-19/h8-9,12,19H,3-4,6,10-11H2,1-2H3. The van der Waals surface area contributed by atoms with E-state index < -0.39 is 5.82 Å². The minimum absolute atomic E-state index is 0.0196. The van der Waals surface area contributed by atoms with Crippen molar-refractivity contribution in [2.75, 3.05) is 20.2 Å². The van der Waals surface area contributed by atoms with Crippen molar-refractivity contribution in [1.82, 2.24) is 4.90 Å². The Balaban J connectivity index is 2.82. The van der Waals surface area contributed by atoms with Crippen LogP contribution in [-0.2, 0) is 0 Å². The molecule has 0 bridgehead atoms. The molecule has 0 aliphatic carbocycles. The van der Waals surface area contributed by atoms with Gasteiger partial charge in [0.1, 0.15) is 5.82 Å². The topological polar surface area (TPSA) is 40.5 Å². The number of nitrogens with zero attached hydrogens (tertiary/aromatic N) is 1. The van der Waals surface area contributed by atoms with Crippen molar-refractivity contribution in [3.05, 3.63) is 35.1 Å². The lowest BCUT2D eigenvalue weighted by Crippen LogP contribution is -2.28. The number of aliphatic hydroxyl groups excluding tert-OH is 1. The van der Waals surface area contributed by atoms with Crippen LogP contribution < -0.4 is 0 Å². The maximum atomic E-state index is 13.9. The van der Waals surface area contributed by atoms with Crippen molar-refractivity contribution >= 4 is 5.91 Å². The molecule has 0 aliphatic rings. The first-order valence-corrected chi connectivity index (χ1v) is 6.75. The van der Waals surface area contributed by atoms with Crippen LogP contribution in [-0.4, -0.2) is 36.1 Å². The summed E-state index contributed by atoms with van der Waals surface area (Å²) >= 11 is 0. The van der Waals surface area contributed by atoms with E-state index in [0.717, 1.165) is 12.8 Å². The number of halogens is 1. The maximum Gasteiger partial charge on any atom is 0.256 e. The molecule has 0 aliphatic heterocycles. The minimum Gasteiger partial charge on any atom is -0.395 e. The van der Waals surface area contributed by atoms with E-state index in [9.17, 15) is 9.18 Å². The predicted octanol–water partition coefficient (Wildman–Crippen LogP) is 2.43. The second kappa shape index (κ2) is 8.34. The van der Waals surface area contributed by atoms with Gasteiger partial charge in [-0.2, -0.15) is 0 Å². The number of hydrogen-bond acceptors (Lipinski definition) is 2. The fourth-order valence-electron chi connectivity index (χ4n) is 1.69. The summed E-state index contributed by atoms with van der Waals surface area (Å²) in [4.78, 5) is 13.6. The van der Waals surface area contributed by atoms with Crippen molar-refractivity contribution in [1.29, 1.82) is 0 Å². The lowest BCUT2D eigenvalue weighted by Gasteiger charge is -2.17. The van der Waals surface area contributed by atoms with Gasteiger partial charge in [0.05, 0.1) is 12.2 Å². The van der Waals surface area contributed by atoms with Gasteiger partial charge in [0.15, 0.2) is 0 Å². The first-order chi connectivity index (χ1) is 9.60. The van der Waals surface area contributed by atoms with Crippen LogP contribution in [0.5, 0.6) is 0 Å². The van der Waals surface area contributed by atoms with Crippen LogP contribution >= 0.6 is 0 Å². The average Bonchev–Trinajstić information content (AvgIpc) is 2.44. The van der Waals surface area contributed by atoms with E-state index in [1.807, 2.05) is 6.92 Å². The number of benzene rings is 1. The molecule has 108 valence electrons. The molecule has 1 N–H and O–H groups in total. The maximum absolute atomic E-state index is 13.9. The van der Waals surface area contributed by atoms with Crippen molar-refractivity contribution in [2.45, 2.75) is 26.2 Å². The Morgan fingerprint density at radius 3 is 2.80 bits per heavy atom. The fourth-order valence-corrected chi connectivity index (χ4v) is 1.69. The van der Waals surface area contributed by atoms with E-state index in [-0.39, 0.29) is 18.1 Å². The van der Waals surface area contributed by atoms with Gasteiger partial charge in [-0.25, -0.2) is 4.39 Å². The SMILES string of the molecule is CCCCN(C)C(=O)c1ccc(C#CCCO)cc1F. The Bertz CT molecular complexity index is 517. The Hall–Kier alpha value is -1.86. The first-order valence-electron chi connectivity index (χ1n) is 6.75. The van der Waals surface area contributed by atoms with Gasteiger partial charge in [-0.15, -0.1) is 0 Å². The Kier molecular flexibility index (Phi) is 6.75. The monoisotopic (exact) mass is 277 g/mol. The zero-order chi connectivity index (χ0) is 15.0. The molecule has 4 heteroatoms.